The van der Waals surface area contributed by atoms with E-state index in [4.69, 9.17) is 10.5 Å². The molecule has 0 bridgehead atoms. The third-order valence-electron chi connectivity index (χ3n) is 3.01. The van der Waals surface area contributed by atoms with Crippen molar-refractivity contribution >= 4 is 0 Å². The SMILES string of the molecule is CCOC1CN(Cc2ccccc2)C[C@H]1N. The first-order valence-corrected chi connectivity index (χ1v) is 5.93. The van der Waals surface area contributed by atoms with Gasteiger partial charge in [-0.1, -0.05) is 30.3 Å². The van der Waals surface area contributed by atoms with Crippen LogP contribution in [-0.4, -0.2) is 36.7 Å². The molecule has 1 unspecified atom stereocenters. The molecule has 1 aliphatic heterocycles. The van der Waals surface area contributed by atoms with Crippen molar-refractivity contribution < 1.29 is 4.74 Å². The fourth-order valence-corrected chi connectivity index (χ4v) is 2.24. The number of nitrogens with zero attached hydrogens (tertiary/aromatic N) is 1. The van der Waals surface area contributed by atoms with Crippen LogP contribution in [0.25, 0.3) is 0 Å². The normalized spacial score (nSPS) is 26.1. The van der Waals surface area contributed by atoms with Crippen LogP contribution in [0.2, 0.25) is 0 Å². The largest absolute Gasteiger partial charge is 0.376 e. The fraction of sp³-hybridized carbons (Fsp3) is 0.538. The van der Waals surface area contributed by atoms with E-state index in [1.807, 2.05) is 13.0 Å². The Hall–Kier alpha value is -0.900. The van der Waals surface area contributed by atoms with Crippen molar-refractivity contribution in [1.29, 1.82) is 0 Å². The van der Waals surface area contributed by atoms with Gasteiger partial charge in [0.2, 0.25) is 0 Å². The minimum Gasteiger partial charge on any atom is -0.376 e. The van der Waals surface area contributed by atoms with Crippen LogP contribution in [-0.2, 0) is 11.3 Å². The first-order valence-electron chi connectivity index (χ1n) is 5.93. The summed E-state index contributed by atoms with van der Waals surface area (Å²) in [6, 6.07) is 10.7. The zero-order valence-corrected chi connectivity index (χ0v) is 9.80. The van der Waals surface area contributed by atoms with Crippen molar-refractivity contribution in [2.24, 2.45) is 5.73 Å². The van der Waals surface area contributed by atoms with Gasteiger partial charge in [0.15, 0.2) is 0 Å². The summed E-state index contributed by atoms with van der Waals surface area (Å²) in [4.78, 5) is 2.36. The lowest BCUT2D eigenvalue weighted by Gasteiger charge is -2.15. The van der Waals surface area contributed by atoms with Crippen LogP contribution in [0.3, 0.4) is 0 Å². The highest BCUT2D eigenvalue weighted by molar-refractivity contribution is 5.14. The molecule has 1 heterocycles. The summed E-state index contributed by atoms with van der Waals surface area (Å²) < 4.78 is 5.62. The van der Waals surface area contributed by atoms with E-state index in [9.17, 15) is 0 Å². The van der Waals surface area contributed by atoms with Crippen molar-refractivity contribution in [3.8, 4) is 0 Å². The molecule has 1 fully saturated rings. The van der Waals surface area contributed by atoms with Gasteiger partial charge >= 0.3 is 0 Å². The van der Waals surface area contributed by atoms with E-state index in [1.165, 1.54) is 5.56 Å². The molecule has 1 aromatic carbocycles. The van der Waals surface area contributed by atoms with Gasteiger partial charge in [0.25, 0.3) is 0 Å². The van der Waals surface area contributed by atoms with Crippen molar-refractivity contribution in [3.63, 3.8) is 0 Å². The maximum absolute atomic E-state index is 6.04. The number of rotatable bonds is 4. The summed E-state index contributed by atoms with van der Waals surface area (Å²) in [5, 5.41) is 0. The number of likely N-dealkylation sites (tertiary alicyclic amines) is 1. The number of nitrogens with two attached hydrogens (primary N) is 1. The standard InChI is InChI=1S/C13H20N2O/c1-2-16-13-10-15(9-12(13)14)8-11-6-4-3-5-7-11/h3-7,12-13H,2,8-10,14H2,1H3/t12-,13?/m1/s1. The second-order valence-electron chi connectivity index (χ2n) is 4.34. The van der Waals surface area contributed by atoms with Crippen LogP contribution in [0.5, 0.6) is 0 Å². The molecule has 1 aromatic rings. The molecule has 1 aliphatic rings. The molecule has 2 atom stereocenters. The summed E-state index contributed by atoms with van der Waals surface area (Å²) >= 11 is 0. The summed E-state index contributed by atoms with van der Waals surface area (Å²) in [5.41, 5.74) is 7.38. The van der Waals surface area contributed by atoms with Gasteiger partial charge in [-0.3, -0.25) is 4.90 Å². The Morgan fingerprint density at radius 3 is 2.75 bits per heavy atom. The van der Waals surface area contributed by atoms with Gasteiger partial charge in [-0.2, -0.15) is 0 Å². The van der Waals surface area contributed by atoms with Crippen LogP contribution in [0.15, 0.2) is 30.3 Å². The van der Waals surface area contributed by atoms with Crippen molar-refractivity contribution in [1.82, 2.24) is 4.90 Å². The maximum atomic E-state index is 6.04. The van der Waals surface area contributed by atoms with Crippen LogP contribution in [0.4, 0.5) is 0 Å². The number of ether oxygens (including phenoxy) is 1. The summed E-state index contributed by atoms with van der Waals surface area (Å²) in [5.74, 6) is 0. The maximum Gasteiger partial charge on any atom is 0.0864 e. The monoisotopic (exact) mass is 220 g/mol. The van der Waals surface area contributed by atoms with Gasteiger partial charge in [-0.25, -0.2) is 0 Å². The Bertz CT molecular complexity index is 315. The Balaban J connectivity index is 1.89. The van der Waals surface area contributed by atoms with E-state index < -0.39 is 0 Å². The predicted molar refractivity (Wildman–Crippen MR) is 65.1 cm³/mol. The van der Waals surface area contributed by atoms with Gasteiger partial charge in [0.1, 0.15) is 0 Å². The van der Waals surface area contributed by atoms with E-state index in [1.54, 1.807) is 0 Å². The van der Waals surface area contributed by atoms with Crippen LogP contribution in [0, 0.1) is 0 Å². The average Bonchev–Trinajstić information content (AvgIpc) is 2.61. The second-order valence-corrected chi connectivity index (χ2v) is 4.34. The molecule has 16 heavy (non-hydrogen) atoms. The Kier molecular flexibility index (Phi) is 3.93. The van der Waals surface area contributed by atoms with Crippen LogP contribution < -0.4 is 5.73 Å². The molecule has 0 amide bonds. The minimum absolute atomic E-state index is 0.156. The Labute approximate surface area is 97.2 Å². The van der Waals surface area contributed by atoms with Crippen molar-refractivity contribution in [2.75, 3.05) is 19.7 Å². The summed E-state index contributed by atoms with van der Waals surface area (Å²) in [7, 11) is 0. The molecular weight excluding hydrogens is 200 g/mol. The Morgan fingerprint density at radius 1 is 1.31 bits per heavy atom. The quantitative estimate of drug-likeness (QED) is 0.829. The lowest BCUT2D eigenvalue weighted by molar-refractivity contribution is 0.0599. The van der Waals surface area contributed by atoms with Crippen LogP contribution in [0.1, 0.15) is 12.5 Å². The van der Waals surface area contributed by atoms with Gasteiger partial charge in [-0.15, -0.1) is 0 Å². The van der Waals surface area contributed by atoms with E-state index in [-0.39, 0.29) is 12.1 Å². The third kappa shape index (κ3) is 2.82. The molecule has 1 saturated heterocycles. The van der Waals surface area contributed by atoms with Gasteiger partial charge in [0, 0.05) is 32.3 Å². The van der Waals surface area contributed by atoms with E-state index in [0.717, 1.165) is 26.2 Å². The lowest BCUT2D eigenvalue weighted by atomic mass is 10.2. The predicted octanol–water partition coefficient (Wildman–Crippen LogP) is 1.23. The molecule has 88 valence electrons. The smallest absolute Gasteiger partial charge is 0.0864 e. The molecule has 2 rings (SSSR count). The first kappa shape index (κ1) is 11.6. The first-order chi connectivity index (χ1) is 7.79. The number of hydrogen-bond acceptors (Lipinski definition) is 3. The number of benzene rings is 1. The molecule has 0 saturated carbocycles. The van der Waals surface area contributed by atoms with Gasteiger partial charge in [0.05, 0.1) is 6.10 Å². The lowest BCUT2D eigenvalue weighted by Crippen LogP contribution is -2.35. The highest BCUT2D eigenvalue weighted by Gasteiger charge is 2.30. The highest BCUT2D eigenvalue weighted by Crippen LogP contribution is 2.15. The molecule has 3 heteroatoms. The third-order valence-corrected chi connectivity index (χ3v) is 3.01. The number of hydrogen-bond donors (Lipinski definition) is 1. The van der Waals surface area contributed by atoms with E-state index >= 15 is 0 Å². The molecule has 0 aliphatic carbocycles. The molecular formula is C13H20N2O. The summed E-state index contributed by atoms with van der Waals surface area (Å²) in [6.07, 6.45) is 0.203. The fourth-order valence-electron chi connectivity index (χ4n) is 2.24. The molecule has 3 nitrogen and oxygen atoms in total. The molecule has 0 aromatic heterocycles. The van der Waals surface area contributed by atoms with Crippen LogP contribution >= 0.6 is 0 Å². The molecule has 2 N–H and O–H groups in total. The minimum atomic E-state index is 0.156. The van der Waals surface area contributed by atoms with Crippen molar-refractivity contribution in [3.05, 3.63) is 35.9 Å². The average molecular weight is 220 g/mol. The molecule has 0 radical (unpaired) electrons. The topological polar surface area (TPSA) is 38.5 Å². The second kappa shape index (κ2) is 5.43. The van der Waals surface area contributed by atoms with Gasteiger partial charge in [-0.05, 0) is 12.5 Å². The molecule has 0 spiro atoms. The summed E-state index contributed by atoms with van der Waals surface area (Å²) in [6.45, 7) is 5.62. The van der Waals surface area contributed by atoms with E-state index in [0.29, 0.717) is 0 Å². The Morgan fingerprint density at radius 2 is 2.06 bits per heavy atom. The highest BCUT2D eigenvalue weighted by atomic mass is 16.5. The van der Waals surface area contributed by atoms with Crippen molar-refractivity contribution in [2.45, 2.75) is 25.6 Å². The zero-order valence-electron chi connectivity index (χ0n) is 9.80. The van der Waals surface area contributed by atoms with E-state index in [2.05, 4.69) is 29.2 Å². The van der Waals surface area contributed by atoms with Gasteiger partial charge < -0.3 is 10.5 Å². The zero-order chi connectivity index (χ0) is 11.4.